The maximum absolute atomic E-state index is 4.23. The first-order chi connectivity index (χ1) is 5.34. The molecule has 0 spiro atoms. The lowest BCUT2D eigenvalue weighted by molar-refractivity contribution is 1.35. The van der Waals surface area contributed by atoms with Crippen LogP contribution in [0.1, 0.15) is 12.8 Å². The van der Waals surface area contributed by atoms with Crippen molar-refractivity contribution in [2.45, 2.75) is 27.9 Å². The van der Waals surface area contributed by atoms with Crippen LogP contribution in [0.25, 0.3) is 0 Å². The molecule has 0 atom stereocenters. The summed E-state index contributed by atoms with van der Waals surface area (Å²) < 4.78 is 0. The molecule has 58 valence electrons. The summed E-state index contributed by atoms with van der Waals surface area (Å²) in [6.07, 6.45) is 2.79. The van der Waals surface area contributed by atoms with Crippen molar-refractivity contribution in [1.82, 2.24) is 0 Å². The smallest absolute Gasteiger partial charge is 0.00952 e. The molecular formula is C9H10S2. The fourth-order valence-electron chi connectivity index (χ4n) is 0.903. The van der Waals surface area contributed by atoms with Gasteiger partial charge in [0.05, 0.1) is 0 Å². The molecule has 0 N–H and O–H groups in total. The number of benzene rings is 1. The van der Waals surface area contributed by atoms with Gasteiger partial charge in [0.25, 0.3) is 0 Å². The van der Waals surface area contributed by atoms with Crippen molar-refractivity contribution in [3.8, 4) is 0 Å². The van der Waals surface area contributed by atoms with Crippen LogP contribution in [0.15, 0.2) is 34.1 Å². The molecule has 0 aliphatic heterocycles. The van der Waals surface area contributed by atoms with Gasteiger partial charge in [-0.2, -0.15) is 0 Å². The van der Waals surface area contributed by atoms with Crippen LogP contribution in [0, 0.1) is 0 Å². The highest BCUT2D eigenvalue weighted by molar-refractivity contribution is 8.00. The van der Waals surface area contributed by atoms with Gasteiger partial charge in [0.1, 0.15) is 0 Å². The van der Waals surface area contributed by atoms with E-state index in [9.17, 15) is 0 Å². The van der Waals surface area contributed by atoms with Gasteiger partial charge in [0, 0.05) is 15.0 Å². The standard InChI is InChI=1S/C9H10S2/c10-7-1-3-8(4-2-7)11-9-5-6-9/h1-4,9-10H,5-6H2. The number of hydrogen-bond acceptors (Lipinski definition) is 2. The molecule has 11 heavy (non-hydrogen) atoms. The lowest BCUT2D eigenvalue weighted by Crippen LogP contribution is -1.73. The minimum absolute atomic E-state index is 0.903. The van der Waals surface area contributed by atoms with Crippen LogP contribution in [-0.2, 0) is 0 Å². The zero-order chi connectivity index (χ0) is 7.68. The first kappa shape index (κ1) is 7.56. The summed E-state index contributed by atoms with van der Waals surface area (Å²) >= 11 is 6.21. The van der Waals surface area contributed by atoms with Crippen LogP contribution in [0.5, 0.6) is 0 Å². The van der Waals surface area contributed by atoms with Gasteiger partial charge in [-0.05, 0) is 37.1 Å². The second-order valence-corrected chi connectivity index (χ2v) is 4.70. The molecule has 2 rings (SSSR count). The number of hydrogen-bond donors (Lipinski definition) is 1. The largest absolute Gasteiger partial charge is 0.143 e. The fraction of sp³-hybridized carbons (Fsp3) is 0.333. The minimum atomic E-state index is 0.903. The molecule has 0 aromatic heterocycles. The SMILES string of the molecule is Sc1ccc(SC2CC2)cc1. The quantitative estimate of drug-likeness (QED) is 0.685. The first-order valence-electron chi connectivity index (χ1n) is 3.80. The Kier molecular flexibility index (Phi) is 2.14. The van der Waals surface area contributed by atoms with Gasteiger partial charge < -0.3 is 0 Å². The number of thiol groups is 1. The van der Waals surface area contributed by atoms with Crippen molar-refractivity contribution in [3.05, 3.63) is 24.3 Å². The van der Waals surface area contributed by atoms with Gasteiger partial charge in [-0.1, -0.05) is 0 Å². The Morgan fingerprint density at radius 3 is 2.36 bits per heavy atom. The van der Waals surface area contributed by atoms with E-state index in [1.165, 1.54) is 17.7 Å². The first-order valence-corrected chi connectivity index (χ1v) is 5.13. The third-order valence-electron chi connectivity index (χ3n) is 1.66. The average molecular weight is 182 g/mol. The molecule has 0 nitrogen and oxygen atoms in total. The third kappa shape index (κ3) is 2.17. The Labute approximate surface area is 76.8 Å². The molecule has 0 heterocycles. The molecule has 0 amide bonds. The Hall–Kier alpha value is -0.0800. The molecular weight excluding hydrogens is 172 g/mol. The molecule has 1 aromatic rings. The van der Waals surface area contributed by atoms with Crippen molar-refractivity contribution in [2.24, 2.45) is 0 Å². The monoisotopic (exact) mass is 182 g/mol. The van der Waals surface area contributed by atoms with Crippen LogP contribution in [0.2, 0.25) is 0 Å². The summed E-state index contributed by atoms with van der Waals surface area (Å²) in [4.78, 5) is 2.43. The summed E-state index contributed by atoms with van der Waals surface area (Å²) in [5, 5.41) is 0.903. The predicted molar refractivity (Wildman–Crippen MR) is 52.6 cm³/mol. The Bertz CT molecular complexity index is 236. The van der Waals surface area contributed by atoms with Crippen LogP contribution in [0.4, 0.5) is 0 Å². The topological polar surface area (TPSA) is 0 Å². The summed E-state index contributed by atoms with van der Waals surface area (Å²) in [5.41, 5.74) is 0. The molecule has 2 heteroatoms. The highest BCUT2D eigenvalue weighted by Crippen LogP contribution is 2.39. The summed E-state index contributed by atoms with van der Waals surface area (Å²) in [7, 11) is 0. The van der Waals surface area contributed by atoms with Crippen molar-refractivity contribution < 1.29 is 0 Å². The number of thioether (sulfide) groups is 1. The van der Waals surface area contributed by atoms with E-state index in [1.807, 2.05) is 23.9 Å². The van der Waals surface area contributed by atoms with Gasteiger partial charge in [-0.3, -0.25) is 0 Å². The van der Waals surface area contributed by atoms with E-state index in [-0.39, 0.29) is 0 Å². The van der Waals surface area contributed by atoms with Crippen LogP contribution >= 0.6 is 24.4 Å². The summed E-state index contributed by atoms with van der Waals surface area (Å²) in [6, 6.07) is 8.39. The third-order valence-corrected chi connectivity index (χ3v) is 3.31. The molecule has 1 fully saturated rings. The van der Waals surface area contributed by atoms with Crippen molar-refractivity contribution in [3.63, 3.8) is 0 Å². The van der Waals surface area contributed by atoms with Crippen LogP contribution < -0.4 is 0 Å². The molecule has 1 aromatic carbocycles. The fourth-order valence-corrected chi connectivity index (χ4v) is 2.10. The Morgan fingerprint density at radius 1 is 1.18 bits per heavy atom. The minimum Gasteiger partial charge on any atom is -0.143 e. The number of rotatable bonds is 2. The molecule has 1 aliphatic carbocycles. The van der Waals surface area contributed by atoms with Gasteiger partial charge >= 0.3 is 0 Å². The van der Waals surface area contributed by atoms with Crippen molar-refractivity contribution >= 4 is 24.4 Å². The normalized spacial score (nSPS) is 16.8. The Balaban J connectivity index is 2.06. The highest BCUT2D eigenvalue weighted by Gasteiger charge is 2.21. The van der Waals surface area contributed by atoms with Gasteiger partial charge in [0.15, 0.2) is 0 Å². The molecule has 0 saturated heterocycles. The van der Waals surface area contributed by atoms with Crippen LogP contribution in [0.3, 0.4) is 0 Å². The highest BCUT2D eigenvalue weighted by atomic mass is 32.2. The zero-order valence-corrected chi connectivity index (χ0v) is 7.87. The lowest BCUT2D eigenvalue weighted by Gasteiger charge is -1.97. The van der Waals surface area contributed by atoms with Crippen LogP contribution in [-0.4, -0.2) is 5.25 Å². The average Bonchev–Trinajstić information content (AvgIpc) is 2.78. The maximum atomic E-state index is 4.23. The molecule has 1 aliphatic rings. The summed E-state index contributed by atoms with van der Waals surface area (Å²) in [5.74, 6) is 0. The van der Waals surface area contributed by atoms with E-state index in [2.05, 4.69) is 24.8 Å². The molecule has 0 bridgehead atoms. The van der Waals surface area contributed by atoms with E-state index < -0.39 is 0 Å². The van der Waals surface area contributed by atoms with E-state index in [0.29, 0.717) is 0 Å². The van der Waals surface area contributed by atoms with Gasteiger partial charge in [0.2, 0.25) is 0 Å². The van der Waals surface area contributed by atoms with Crippen molar-refractivity contribution in [2.75, 3.05) is 0 Å². The van der Waals surface area contributed by atoms with Gasteiger partial charge in [-0.15, -0.1) is 24.4 Å². The second-order valence-electron chi connectivity index (χ2n) is 2.81. The zero-order valence-electron chi connectivity index (χ0n) is 6.16. The van der Waals surface area contributed by atoms with Crippen molar-refractivity contribution in [1.29, 1.82) is 0 Å². The predicted octanol–water partition coefficient (Wildman–Crippen LogP) is 3.23. The van der Waals surface area contributed by atoms with E-state index >= 15 is 0 Å². The second kappa shape index (κ2) is 3.11. The Morgan fingerprint density at radius 2 is 1.82 bits per heavy atom. The van der Waals surface area contributed by atoms with E-state index in [4.69, 9.17) is 0 Å². The summed E-state index contributed by atoms with van der Waals surface area (Å²) in [6.45, 7) is 0. The maximum Gasteiger partial charge on any atom is 0.00952 e. The molecule has 0 unspecified atom stereocenters. The van der Waals surface area contributed by atoms with E-state index in [1.54, 1.807) is 0 Å². The van der Waals surface area contributed by atoms with E-state index in [0.717, 1.165) is 10.1 Å². The molecule has 0 radical (unpaired) electrons. The lowest BCUT2D eigenvalue weighted by atomic mass is 10.4. The van der Waals surface area contributed by atoms with Gasteiger partial charge in [-0.25, -0.2) is 0 Å². The molecule has 1 saturated carbocycles.